The Morgan fingerprint density at radius 3 is 1.77 bits per heavy atom. The summed E-state index contributed by atoms with van der Waals surface area (Å²) in [6.07, 6.45) is 0. The molecule has 10 aromatic rings. The third-order valence-corrected chi connectivity index (χ3v) is 12.2. The van der Waals surface area contributed by atoms with Crippen LogP contribution in [0.1, 0.15) is 25.0 Å². The minimum absolute atomic E-state index is 0.110. The van der Waals surface area contributed by atoms with E-state index in [0.29, 0.717) is 0 Å². The van der Waals surface area contributed by atoms with Gasteiger partial charge in [0, 0.05) is 22.2 Å². The zero-order valence-corrected chi connectivity index (χ0v) is 31.5. The summed E-state index contributed by atoms with van der Waals surface area (Å²) in [7, 11) is 0. The van der Waals surface area contributed by atoms with Crippen molar-refractivity contribution in [2.24, 2.45) is 0 Å². The largest absolute Gasteiger partial charge is 0.309 e. The molecule has 11 rings (SSSR count). The lowest BCUT2D eigenvalue weighted by Gasteiger charge is -2.30. The summed E-state index contributed by atoms with van der Waals surface area (Å²) >= 11 is 0. The third kappa shape index (κ3) is 5.01. The van der Waals surface area contributed by atoms with E-state index in [1.807, 2.05) is 0 Å². The van der Waals surface area contributed by atoms with Gasteiger partial charge in [0.15, 0.2) is 0 Å². The van der Waals surface area contributed by atoms with E-state index >= 15 is 0 Å². The van der Waals surface area contributed by atoms with E-state index in [1.54, 1.807) is 0 Å². The third-order valence-electron chi connectivity index (χ3n) is 12.2. The first kappa shape index (κ1) is 32.5. The van der Waals surface area contributed by atoms with Crippen molar-refractivity contribution in [2.75, 3.05) is 4.90 Å². The fourth-order valence-corrected chi connectivity index (χ4v) is 9.41. The van der Waals surface area contributed by atoms with Gasteiger partial charge >= 0.3 is 0 Å². The van der Waals surface area contributed by atoms with Crippen molar-refractivity contribution in [3.8, 4) is 33.4 Å². The normalized spacial score (nSPS) is 13.0. The lowest BCUT2D eigenvalue weighted by atomic mass is 9.82. The Morgan fingerprint density at radius 2 is 0.929 bits per heavy atom. The molecule has 1 heteroatoms. The maximum Gasteiger partial charge on any atom is 0.0543 e. The van der Waals surface area contributed by atoms with Gasteiger partial charge in [-0.15, -0.1) is 0 Å². The van der Waals surface area contributed by atoms with Crippen molar-refractivity contribution in [3.05, 3.63) is 211 Å². The van der Waals surface area contributed by atoms with Crippen LogP contribution in [0.2, 0.25) is 0 Å². The Kier molecular flexibility index (Phi) is 7.28. The van der Waals surface area contributed by atoms with Gasteiger partial charge in [-0.2, -0.15) is 0 Å². The summed E-state index contributed by atoms with van der Waals surface area (Å²) in [5, 5.41) is 10.2. The summed E-state index contributed by atoms with van der Waals surface area (Å²) in [4.78, 5) is 2.49. The van der Waals surface area contributed by atoms with Gasteiger partial charge in [0.25, 0.3) is 0 Å². The highest BCUT2D eigenvalue weighted by molar-refractivity contribution is 6.20. The van der Waals surface area contributed by atoms with E-state index in [-0.39, 0.29) is 5.41 Å². The van der Waals surface area contributed by atoms with Crippen LogP contribution in [0.5, 0.6) is 0 Å². The van der Waals surface area contributed by atoms with Gasteiger partial charge in [-0.05, 0) is 113 Å². The number of para-hydroxylation sites is 1. The van der Waals surface area contributed by atoms with E-state index < -0.39 is 0 Å². The Balaban J connectivity index is 1.10. The molecule has 264 valence electrons. The van der Waals surface area contributed by atoms with Crippen molar-refractivity contribution in [1.29, 1.82) is 0 Å². The van der Waals surface area contributed by atoms with Crippen LogP contribution >= 0.6 is 0 Å². The molecule has 0 spiro atoms. The molecule has 0 saturated heterocycles. The minimum atomic E-state index is -0.110. The Bertz CT molecular complexity index is 3160. The Morgan fingerprint density at radius 1 is 0.357 bits per heavy atom. The predicted octanol–water partition coefficient (Wildman–Crippen LogP) is 15.4. The molecule has 0 radical (unpaired) electrons. The predicted molar refractivity (Wildman–Crippen MR) is 240 cm³/mol. The number of benzene rings is 10. The van der Waals surface area contributed by atoms with Crippen LogP contribution in [-0.2, 0) is 5.41 Å². The second-order valence-electron chi connectivity index (χ2n) is 15.7. The number of nitrogens with zero attached hydrogens (tertiary/aromatic N) is 1. The monoisotopic (exact) mass is 713 g/mol. The van der Waals surface area contributed by atoms with E-state index in [2.05, 4.69) is 219 Å². The van der Waals surface area contributed by atoms with Crippen LogP contribution < -0.4 is 4.90 Å². The summed E-state index contributed by atoms with van der Waals surface area (Å²) in [5.74, 6) is 0. The molecule has 1 aliphatic rings. The Hall–Kier alpha value is -6.96. The molecule has 0 heterocycles. The standard InChI is InChI=1S/C55H39N/c1-55(2)49-18-9-7-17-47(49)54-50(55)19-11-21-52(54)56(51-20-10-8-15-45(51)43-29-22-36-12-3-4-14-41(36)34-43)44-32-30-37(31-33-44)42-28-25-39-24-27-40-26-23-38-13-5-6-16-46(38)53(40)48(39)35-42/h3-35H,1-2H3. The van der Waals surface area contributed by atoms with Crippen LogP contribution in [0.3, 0.4) is 0 Å². The van der Waals surface area contributed by atoms with Gasteiger partial charge in [0.2, 0.25) is 0 Å². The molecule has 0 atom stereocenters. The van der Waals surface area contributed by atoms with Gasteiger partial charge in [0.05, 0.1) is 11.4 Å². The van der Waals surface area contributed by atoms with E-state index in [0.717, 1.165) is 11.4 Å². The van der Waals surface area contributed by atoms with Crippen molar-refractivity contribution in [1.82, 2.24) is 0 Å². The zero-order chi connectivity index (χ0) is 37.4. The molecule has 1 aliphatic carbocycles. The molecular weight excluding hydrogens is 675 g/mol. The molecule has 0 amide bonds. The summed E-state index contributed by atoms with van der Waals surface area (Å²) in [5.41, 5.74) is 13.5. The number of anilines is 3. The SMILES string of the molecule is CC1(C)c2ccccc2-c2c(N(c3ccc(-c4ccc5ccc6ccc7ccccc7c6c5c4)cc3)c3ccccc3-c3ccc4ccccc4c3)cccc21. The van der Waals surface area contributed by atoms with Crippen LogP contribution in [0.4, 0.5) is 17.1 Å². The average Bonchev–Trinajstić information content (AvgIpc) is 3.50. The van der Waals surface area contributed by atoms with Crippen LogP contribution in [0, 0.1) is 0 Å². The number of hydrogen-bond donors (Lipinski definition) is 0. The van der Waals surface area contributed by atoms with Crippen LogP contribution in [0.15, 0.2) is 200 Å². The zero-order valence-electron chi connectivity index (χ0n) is 31.5. The lowest BCUT2D eigenvalue weighted by molar-refractivity contribution is 0.660. The maximum absolute atomic E-state index is 2.49. The topological polar surface area (TPSA) is 3.24 Å². The van der Waals surface area contributed by atoms with Gasteiger partial charge < -0.3 is 4.90 Å². The molecule has 10 aromatic carbocycles. The highest BCUT2D eigenvalue weighted by Gasteiger charge is 2.38. The fraction of sp³-hybridized carbons (Fsp3) is 0.0545. The molecule has 0 aromatic heterocycles. The number of rotatable bonds is 5. The van der Waals surface area contributed by atoms with Crippen molar-refractivity contribution in [3.63, 3.8) is 0 Å². The average molecular weight is 714 g/mol. The van der Waals surface area contributed by atoms with Gasteiger partial charge in [-0.1, -0.05) is 178 Å². The first-order valence-electron chi connectivity index (χ1n) is 19.6. The Labute approximate surface area is 327 Å². The fourth-order valence-electron chi connectivity index (χ4n) is 9.41. The van der Waals surface area contributed by atoms with E-state index in [1.165, 1.54) is 93.3 Å². The number of hydrogen-bond acceptors (Lipinski definition) is 1. The smallest absolute Gasteiger partial charge is 0.0543 e. The van der Waals surface area contributed by atoms with Crippen molar-refractivity contribution in [2.45, 2.75) is 19.3 Å². The highest BCUT2D eigenvalue weighted by Crippen LogP contribution is 2.55. The molecule has 0 aliphatic heterocycles. The first-order valence-corrected chi connectivity index (χ1v) is 19.6. The van der Waals surface area contributed by atoms with Crippen molar-refractivity contribution >= 4 is 60.2 Å². The molecular formula is C55H39N. The molecule has 1 nitrogen and oxygen atoms in total. The van der Waals surface area contributed by atoms with Gasteiger partial charge in [-0.25, -0.2) is 0 Å². The second kappa shape index (κ2) is 12.5. The summed E-state index contributed by atoms with van der Waals surface area (Å²) in [6, 6.07) is 74.0. The van der Waals surface area contributed by atoms with Crippen LogP contribution in [0.25, 0.3) is 76.5 Å². The van der Waals surface area contributed by atoms with E-state index in [9.17, 15) is 0 Å². The molecule has 0 N–H and O–H groups in total. The summed E-state index contributed by atoms with van der Waals surface area (Å²) < 4.78 is 0. The lowest BCUT2D eigenvalue weighted by Crippen LogP contribution is -2.16. The van der Waals surface area contributed by atoms with Crippen LogP contribution in [-0.4, -0.2) is 0 Å². The molecule has 56 heavy (non-hydrogen) atoms. The van der Waals surface area contributed by atoms with Crippen molar-refractivity contribution < 1.29 is 0 Å². The maximum atomic E-state index is 2.49. The molecule has 0 saturated carbocycles. The highest BCUT2D eigenvalue weighted by atomic mass is 15.1. The molecule has 0 unspecified atom stereocenters. The quantitative estimate of drug-likeness (QED) is 0.161. The molecule has 0 bridgehead atoms. The van der Waals surface area contributed by atoms with Gasteiger partial charge in [-0.3, -0.25) is 0 Å². The van der Waals surface area contributed by atoms with Gasteiger partial charge in [0.1, 0.15) is 0 Å². The first-order chi connectivity index (χ1) is 27.5. The molecule has 0 fully saturated rings. The number of fused-ring (bicyclic) bond motifs is 9. The van der Waals surface area contributed by atoms with E-state index in [4.69, 9.17) is 0 Å². The second-order valence-corrected chi connectivity index (χ2v) is 15.7. The summed E-state index contributed by atoms with van der Waals surface area (Å²) in [6.45, 7) is 4.72. The minimum Gasteiger partial charge on any atom is -0.309 e.